The summed E-state index contributed by atoms with van der Waals surface area (Å²) >= 11 is 0. The minimum atomic E-state index is -0.0119. The number of nitrogens with zero attached hydrogens (tertiary/aromatic N) is 1. The van der Waals surface area contributed by atoms with Crippen molar-refractivity contribution in [3.8, 4) is 11.5 Å². The summed E-state index contributed by atoms with van der Waals surface area (Å²) in [5.74, 6) is 1.97. The maximum atomic E-state index is 12.4. The quantitative estimate of drug-likeness (QED) is 0.742. The second-order valence-electron chi connectivity index (χ2n) is 8.28. The number of anilines is 1. The summed E-state index contributed by atoms with van der Waals surface area (Å²) in [5.41, 5.74) is 0.712. The van der Waals surface area contributed by atoms with Gasteiger partial charge in [0.05, 0.1) is 0 Å². The van der Waals surface area contributed by atoms with Gasteiger partial charge < -0.3 is 25.0 Å². The Balaban J connectivity index is 1.16. The van der Waals surface area contributed by atoms with Gasteiger partial charge >= 0.3 is 0 Å². The molecule has 2 N–H and O–H groups in total. The van der Waals surface area contributed by atoms with Crippen molar-refractivity contribution in [1.29, 1.82) is 0 Å². The van der Waals surface area contributed by atoms with Crippen LogP contribution >= 0.6 is 0 Å². The van der Waals surface area contributed by atoms with Crippen LogP contribution in [0.2, 0.25) is 0 Å². The molecular weight excluding hydrogens is 386 g/mol. The van der Waals surface area contributed by atoms with Crippen LogP contribution in [0.1, 0.15) is 44.9 Å². The maximum Gasteiger partial charge on any atom is 0.224 e. The van der Waals surface area contributed by atoms with Crippen molar-refractivity contribution >= 4 is 23.4 Å². The smallest absolute Gasteiger partial charge is 0.224 e. The molecule has 30 heavy (non-hydrogen) atoms. The fraction of sp³-hybridized carbons (Fsp3) is 0.591. The number of benzene rings is 1. The number of hydrogen-bond donors (Lipinski definition) is 2. The highest BCUT2D eigenvalue weighted by Gasteiger charge is 2.28. The van der Waals surface area contributed by atoms with E-state index in [0.29, 0.717) is 55.6 Å². The summed E-state index contributed by atoms with van der Waals surface area (Å²) in [5, 5.41) is 5.79. The molecule has 3 heterocycles. The van der Waals surface area contributed by atoms with Gasteiger partial charge in [-0.25, -0.2) is 0 Å². The second kappa shape index (κ2) is 9.36. The second-order valence-corrected chi connectivity index (χ2v) is 8.28. The molecule has 4 rings (SSSR count). The van der Waals surface area contributed by atoms with Gasteiger partial charge in [-0.1, -0.05) is 0 Å². The molecule has 0 radical (unpaired) electrons. The minimum Gasteiger partial charge on any atom is -0.486 e. The molecule has 1 aromatic rings. The van der Waals surface area contributed by atoms with E-state index in [4.69, 9.17) is 9.47 Å². The lowest BCUT2D eigenvalue weighted by Gasteiger charge is -2.32. The van der Waals surface area contributed by atoms with Crippen molar-refractivity contribution in [3.05, 3.63) is 18.2 Å². The Morgan fingerprint density at radius 2 is 1.87 bits per heavy atom. The Hall–Kier alpha value is -2.77. The average molecular weight is 415 g/mol. The first kappa shape index (κ1) is 20.5. The van der Waals surface area contributed by atoms with E-state index < -0.39 is 0 Å². The van der Waals surface area contributed by atoms with E-state index in [1.807, 2.05) is 17.0 Å². The molecule has 1 atom stereocenters. The van der Waals surface area contributed by atoms with Gasteiger partial charge in [-0.05, 0) is 43.7 Å². The molecule has 0 saturated carbocycles. The Bertz CT molecular complexity index is 804. The zero-order valence-corrected chi connectivity index (χ0v) is 17.2. The summed E-state index contributed by atoms with van der Waals surface area (Å²) in [6.45, 7) is 2.52. The van der Waals surface area contributed by atoms with Crippen LogP contribution in [0.5, 0.6) is 11.5 Å². The molecule has 3 amide bonds. The van der Waals surface area contributed by atoms with Crippen LogP contribution in [0.25, 0.3) is 0 Å². The summed E-state index contributed by atoms with van der Waals surface area (Å²) < 4.78 is 11.0. The van der Waals surface area contributed by atoms with E-state index in [9.17, 15) is 14.4 Å². The first-order valence-electron chi connectivity index (χ1n) is 10.8. The number of amides is 3. The number of ether oxygens (including phenoxy) is 2. The minimum absolute atomic E-state index is 0.00743. The molecule has 3 aliphatic rings. The molecule has 2 saturated heterocycles. The molecule has 162 valence electrons. The van der Waals surface area contributed by atoms with Gasteiger partial charge in [0.2, 0.25) is 17.7 Å². The van der Waals surface area contributed by atoms with Crippen LogP contribution in [-0.4, -0.2) is 55.0 Å². The third-order valence-corrected chi connectivity index (χ3v) is 6.08. The fourth-order valence-corrected chi connectivity index (χ4v) is 4.32. The molecule has 0 aliphatic carbocycles. The lowest BCUT2D eigenvalue weighted by molar-refractivity contribution is -0.133. The molecule has 8 nitrogen and oxygen atoms in total. The number of carbonyl (C=O) groups excluding carboxylic acids is 3. The highest BCUT2D eigenvalue weighted by molar-refractivity contribution is 5.91. The van der Waals surface area contributed by atoms with E-state index in [2.05, 4.69) is 10.6 Å². The van der Waals surface area contributed by atoms with E-state index in [1.165, 1.54) is 0 Å². The zero-order chi connectivity index (χ0) is 20.9. The topological polar surface area (TPSA) is 97.0 Å². The van der Waals surface area contributed by atoms with Crippen LogP contribution in [0.4, 0.5) is 5.69 Å². The van der Waals surface area contributed by atoms with Crippen molar-refractivity contribution in [3.63, 3.8) is 0 Å². The van der Waals surface area contributed by atoms with Gasteiger partial charge in [-0.2, -0.15) is 0 Å². The zero-order valence-electron chi connectivity index (χ0n) is 17.2. The van der Waals surface area contributed by atoms with Crippen LogP contribution in [-0.2, 0) is 14.4 Å². The molecule has 2 fully saturated rings. The SMILES string of the molecule is O=C(CCC1CCN(C(=O)CC2CCC(=O)N2)CC1)Nc1ccc2c(c1)OCCO2. The van der Waals surface area contributed by atoms with Crippen LogP contribution in [0, 0.1) is 5.92 Å². The third-order valence-electron chi connectivity index (χ3n) is 6.08. The predicted molar refractivity (Wildman–Crippen MR) is 110 cm³/mol. The standard InChI is InChI=1S/C22H29N3O5/c26-20(23-16-2-4-18-19(13-16)30-12-11-29-18)5-1-15-7-9-25(10-8-15)22(28)14-17-3-6-21(27)24-17/h2,4,13,15,17H,1,3,5-12,14H2,(H,23,26)(H,24,27). The third kappa shape index (κ3) is 5.23. The van der Waals surface area contributed by atoms with Crippen LogP contribution in [0.15, 0.2) is 18.2 Å². The van der Waals surface area contributed by atoms with Gasteiger partial charge in [0.25, 0.3) is 0 Å². The Kier molecular flexibility index (Phi) is 6.40. The van der Waals surface area contributed by atoms with Crippen molar-refractivity contribution in [2.75, 3.05) is 31.6 Å². The van der Waals surface area contributed by atoms with Crippen LogP contribution in [0.3, 0.4) is 0 Å². The number of nitrogens with one attached hydrogen (secondary N) is 2. The molecule has 1 aromatic carbocycles. The van der Waals surface area contributed by atoms with Gasteiger partial charge in [-0.3, -0.25) is 14.4 Å². The lowest BCUT2D eigenvalue weighted by Crippen LogP contribution is -2.41. The van der Waals surface area contributed by atoms with E-state index >= 15 is 0 Å². The largest absolute Gasteiger partial charge is 0.486 e. The van der Waals surface area contributed by atoms with E-state index in [1.54, 1.807) is 6.07 Å². The molecule has 8 heteroatoms. The number of likely N-dealkylation sites (tertiary alicyclic amines) is 1. The molecule has 1 unspecified atom stereocenters. The highest BCUT2D eigenvalue weighted by atomic mass is 16.6. The number of carbonyl (C=O) groups is 3. The molecule has 0 spiro atoms. The van der Waals surface area contributed by atoms with Crippen molar-refractivity contribution in [1.82, 2.24) is 10.2 Å². The van der Waals surface area contributed by atoms with Gasteiger partial charge in [-0.15, -0.1) is 0 Å². The average Bonchev–Trinajstić information content (AvgIpc) is 3.17. The van der Waals surface area contributed by atoms with E-state index in [0.717, 1.165) is 38.8 Å². The van der Waals surface area contributed by atoms with Gasteiger partial charge in [0.1, 0.15) is 13.2 Å². The van der Waals surface area contributed by atoms with Crippen molar-refractivity contribution in [2.24, 2.45) is 5.92 Å². The number of hydrogen-bond acceptors (Lipinski definition) is 5. The molecule has 3 aliphatic heterocycles. The summed E-state index contributed by atoms with van der Waals surface area (Å²) in [6, 6.07) is 5.42. The predicted octanol–water partition coefficient (Wildman–Crippen LogP) is 2.08. The fourth-order valence-electron chi connectivity index (χ4n) is 4.32. The van der Waals surface area contributed by atoms with Gasteiger partial charge in [0, 0.05) is 50.1 Å². The Labute approximate surface area is 176 Å². The lowest BCUT2D eigenvalue weighted by atomic mass is 9.91. The number of rotatable bonds is 6. The van der Waals surface area contributed by atoms with Crippen molar-refractivity contribution < 1.29 is 23.9 Å². The Morgan fingerprint density at radius 1 is 1.10 bits per heavy atom. The summed E-state index contributed by atoms with van der Waals surface area (Å²) in [7, 11) is 0. The van der Waals surface area contributed by atoms with Crippen LogP contribution < -0.4 is 20.1 Å². The van der Waals surface area contributed by atoms with Gasteiger partial charge in [0.15, 0.2) is 11.5 Å². The first-order chi connectivity index (χ1) is 14.6. The first-order valence-corrected chi connectivity index (χ1v) is 10.8. The molecule has 0 bridgehead atoms. The molecular formula is C22H29N3O5. The monoisotopic (exact) mass is 415 g/mol. The van der Waals surface area contributed by atoms with E-state index in [-0.39, 0.29) is 23.8 Å². The summed E-state index contributed by atoms with van der Waals surface area (Å²) in [6.07, 6.45) is 4.78. The Morgan fingerprint density at radius 3 is 2.60 bits per heavy atom. The summed E-state index contributed by atoms with van der Waals surface area (Å²) in [4.78, 5) is 37.9. The maximum absolute atomic E-state index is 12.4. The molecule has 0 aromatic heterocycles. The number of fused-ring (bicyclic) bond motifs is 1. The number of piperidine rings is 1. The normalized spacial score (nSPS) is 21.3. The van der Waals surface area contributed by atoms with Crippen molar-refractivity contribution in [2.45, 2.75) is 51.0 Å². The highest BCUT2D eigenvalue weighted by Crippen LogP contribution is 2.32.